The van der Waals surface area contributed by atoms with Gasteiger partial charge in [-0.2, -0.15) is 0 Å². The summed E-state index contributed by atoms with van der Waals surface area (Å²) >= 11 is 6.37. The van der Waals surface area contributed by atoms with Gasteiger partial charge in [-0.05, 0) is 61.2 Å². The van der Waals surface area contributed by atoms with Crippen molar-refractivity contribution < 1.29 is 13.2 Å². The zero-order valence-electron chi connectivity index (χ0n) is 18.8. The molecular formula is C25H22ClN3O5S. The van der Waals surface area contributed by atoms with Gasteiger partial charge in [-0.3, -0.25) is 9.10 Å². The summed E-state index contributed by atoms with van der Waals surface area (Å²) in [6.45, 7) is 0.289. The van der Waals surface area contributed by atoms with Gasteiger partial charge < -0.3 is 9.72 Å². The second-order valence-corrected chi connectivity index (χ2v) is 10.5. The van der Waals surface area contributed by atoms with Crippen LogP contribution in [0.3, 0.4) is 0 Å². The third kappa shape index (κ3) is 4.00. The number of aromatic amines is 1. The molecule has 0 bridgehead atoms. The summed E-state index contributed by atoms with van der Waals surface area (Å²) in [5.74, 6) is 0.553. The number of aryl methyl sites for hydroxylation is 1. The van der Waals surface area contributed by atoms with E-state index in [0.717, 1.165) is 23.0 Å². The lowest BCUT2D eigenvalue weighted by Crippen LogP contribution is -2.34. The van der Waals surface area contributed by atoms with Gasteiger partial charge in [0.1, 0.15) is 5.75 Å². The van der Waals surface area contributed by atoms with E-state index < -0.39 is 21.3 Å². The van der Waals surface area contributed by atoms with Crippen molar-refractivity contribution in [2.45, 2.75) is 24.2 Å². The number of H-pyrrole nitrogens is 1. The molecule has 0 fully saturated rings. The lowest BCUT2D eigenvalue weighted by Gasteiger charge is -2.25. The molecule has 1 aliphatic rings. The van der Waals surface area contributed by atoms with Crippen LogP contribution < -0.4 is 20.3 Å². The lowest BCUT2D eigenvalue weighted by molar-refractivity contribution is 0.415. The summed E-state index contributed by atoms with van der Waals surface area (Å²) in [7, 11) is -2.52. The summed E-state index contributed by atoms with van der Waals surface area (Å²) < 4.78 is 35.2. The van der Waals surface area contributed by atoms with Crippen LogP contribution in [0.25, 0.3) is 16.6 Å². The van der Waals surface area contributed by atoms with Crippen LogP contribution in [-0.2, 0) is 16.4 Å². The topological polar surface area (TPSA) is 101 Å². The van der Waals surface area contributed by atoms with Crippen molar-refractivity contribution in [3.63, 3.8) is 0 Å². The van der Waals surface area contributed by atoms with Crippen LogP contribution >= 0.6 is 11.6 Å². The van der Waals surface area contributed by atoms with E-state index in [1.165, 1.54) is 29.6 Å². The molecule has 10 heteroatoms. The second kappa shape index (κ2) is 8.90. The van der Waals surface area contributed by atoms with Crippen molar-refractivity contribution in [1.82, 2.24) is 9.55 Å². The second-order valence-electron chi connectivity index (χ2n) is 8.26. The standard InChI is InChI=1S/C25H22ClN3O5S/c1-34-17-10-9-16-6-4-5-13-28(22(16)14-17)35(32,33)18-11-12-20(26)23(15-18)29-24(30)19-7-2-3-8-21(19)27-25(29)31/h2-3,7-12,14-15H,4-6,13H2,1H3,(H,27,31). The molecule has 1 aliphatic heterocycles. The van der Waals surface area contributed by atoms with E-state index in [1.807, 2.05) is 12.1 Å². The molecule has 0 spiro atoms. The number of sulfonamides is 1. The molecule has 1 aromatic heterocycles. The number of halogens is 1. The minimum atomic E-state index is -4.05. The third-order valence-corrected chi connectivity index (χ3v) is 8.30. The highest BCUT2D eigenvalue weighted by atomic mass is 35.5. The van der Waals surface area contributed by atoms with E-state index in [0.29, 0.717) is 23.4 Å². The van der Waals surface area contributed by atoms with E-state index in [2.05, 4.69) is 4.98 Å². The Morgan fingerprint density at radius 3 is 2.57 bits per heavy atom. The van der Waals surface area contributed by atoms with Gasteiger partial charge in [-0.1, -0.05) is 29.8 Å². The van der Waals surface area contributed by atoms with Crippen LogP contribution in [0.15, 0.2) is 75.1 Å². The number of ether oxygens (including phenoxy) is 1. The van der Waals surface area contributed by atoms with Crippen LogP contribution in [0.4, 0.5) is 5.69 Å². The van der Waals surface area contributed by atoms with Gasteiger partial charge in [-0.15, -0.1) is 0 Å². The predicted molar refractivity (Wildman–Crippen MR) is 136 cm³/mol. The van der Waals surface area contributed by atoms with Gasteiger partial charge >= 0.3 is 5.69 Å². The first kappa shape index (κ1) is 23.2. The molecule has 4 aromatic rings. The Hall–Kier alpha value is -3.56. The molecule has 8 nitrogen and oxygen atoms in total. The van der Waals surface area contributed by atoms with Crippen molar-refractivity contribution >= 4 is 38.2 Å². The fraction of sp³-hybridized carbons (Fsp3) is 0.200. The zero-order chi connectivity index (χ0) is 24.7. The summed E-state index contributed by atoms with van der Waals surface area (Å²) in [5, 5.41) is 0.356. The Bertz CT molecular complexity index is 1680. The molecule has 180 valence electrons. The lowest BCUT2D eigenvalue weighted by atomic mass is 10.1. The number of fused-ring (bicyclic) bond motifs is 2. The first-order valence-electron chi connectivity index (χ1n) is 11.0. The van der Waals surface area contributed by atoms with Crippen molar-refractivity contribution in [2.24, 2.45) is 0 Å². The van der Waals surface area contributed by atoms with Crippen molar-refractivity contribution in [2.75, 3.05) is 18.0 Å². The summed E-state index contributed by atoms with van der Waals surface area (Å²) in [6, 6.07) is 16.0. The van der Waals surface area contributed by atoms with E-state index in [-0.39, 0.29) is 27.5 Å². The molecule has 1 N–H and O–H groups in total. The normalized spacial score (nSPS) is 13.9. The van der Waals surface area contributed by atoms with Gasteiger partial charge in [0, 0.05) is 12.6 Å². The minimum Gasteiger partial charge on any atom is -0.497 e. The average molecular weight is 512 g/mol. The Kier molecular flexibility index (Phi) is 5.90. The number of para-hydroxylation sites is 1. The first-order valence-corrected chi connectivity index (χ1v) is 12.9. The molecule has 0 saturated carbocycles. The van der Waals surface area contributed by atoms with E-state index in [9.17, 15) is 18.0 Å². The molecule has 3 aromatic carbocycles. The van der Waals surface area contributed by atoms with Crippen LogP contribution in [0, 0.1) is 0 Å². The van der Waals surface area contributed by atoms with Gasteiger partial charge in [0.05, 0.1) is 39.3 Å². The fourth-order valence-electron chi connectivity index (χ4n) is 4.39. The van der Waals surface area contributed by atoms with E-state index >= 15 is 0 Å². The SMILES string of the molecule is COc1ccc2c(c1)N(S(=O)(=O)c1ccc(Cl)c(-n3c(=O)[nH]c4ccccc4c3=O)c1)CCCC2. The number of methoxy groups -OCH3 is 1. The molecule has 35 heavy (non-hydrogen) atoms. The predicted octanol–water partition coefficient (Wildman–Crippen LogP) is 3.87. The highest BCUT2D eigenvalue weighted by Gasteiger charge is 2.29. The Morgan fingerprint density at radius 1 is 0.971 bits per heavy atom. The van der Waals surface area contributed by atoms with Crippen molar-refractivity contribution in [3.8, 4) is 11.4 Å². The smallest absolute Gasteiger partial charge is 0.333 e. The maximum Gasteiger partial charge on any atom is 0.333 e. The van der Waals surface area contributed by atoms with Gasteiger partial charge in [0.2, 0.25) is 0 Å². The van der Waals surface area contributed by atoms with Gasteiger partial charge in [0.25, 0.3) is 15.6 Å². The number of nitrogens with zero attached hydrogens (tertiary/aromatic N) is 2. The maximum atomic E-state index is 13.8. The molecule has 0 unspecified atom stereocenters. The molecule has 2 heterocycles. The number of rotatable bonds is 4. The molecule has 0 atom stereocenters. The number of nitrogens with one attached hydrogen (secondary N) is 1. The number of hydrogen-bond donors (Lipinski definition) is 1. The van der Waals surface area contributed by atoms with Crippen LogP contribution in [0.2, 0.25) is 5.02 Å². The monoisotopic (exact) mass is 511 g/mol. The van der Waals surface area contributed by atoms with Crippen LogP contribution in [-0.4, -0.2) is 31.6 Å². The minimum absolute atomic E-state index is 0.00886. The van der Waals surface area contributed by atoms with Gasteiger partial charge in [0.15, 0.2) is 0 Å². The van der Waals surface area contributed by atoms with E-state index in [4.69, 9.17) is 16.3 Å². The summed E-state index contributed by atoms with van der Waals surface area (Å²) in [6.07, 6.45) is 2.28. The molecular weight excluding hydrogens is 490 g/mol. The zero-order valence-corrected chi connectivity index (χ0v) is 20.4. The Labute approximate surface area is 206 Å². The highest BCUT2D eigenvalue weighted by molar-refractivity contribution is 7.92. The van der Waals surface area contributed by atoms with Crippen molar-refractivity contribution in [1.29, 1.82) is 0 Å². The van der Waals surface area contributed by atoms with Crippen molar-refractivity contribution in [3.05, 3.63) is 92.1 Å². The molecule has 5 rings (SSSR count). The largest absolute Gasteiger partial charge is 0.497 e. The van der Waals surface area contributed by atoms with Crippen LogP contribution in [0.1, 0.15) is 18.4 Å². The average Bonchev–Trinajstić information content (AvgIpc) is 3.07. The highest BCUT2D eigenvalue weighted by Crippen LogP contribution is 2.35. The van der Waals surface area contributed by atoms with Gasteiger partial charge in [-0.25, -0.2) is 17.8 Å². The number of hydrogen-bond acceptors (Lipinski definition) is 5. The Balaban J connectivity index is 1.68. The number of benzene rings is 3. The molecule has 0 aliphatic carbocycles. The molecule has 0 radical (unpaired) electrons. The Morgan fingerprint density at radius 2 is 1.77 bits per heavy atom. The molecule has 0 saturated heterocycles. The number of anilines is 1. The first-order chi connectivity index (χ1) is 16.8. The molecule has 0 amide bonds. The summed E-state index contributed by atoms with van der Waals surface area (Å²) in [4.78, 5) is 28.6. The quantitative estimate of drug-likeness (QED) is 0.448. The fourth-order valence-corrected chi connectivity index (χ4v) is 6.14. The maximum absolute atomic E-state index is 13.8. The third-order valence-electron chi connectivity index (χ3n) is 6.17. The number of aromatic nitrogens is 2. The van der Waals surface area contributed by atoms with E-state index in [1.54, 1.807) is 30.3 Å². The van der Waals surface area contributed by atoms with Crippen LogP contribution in [0.5, 0.6) is 5.75 Å². The summed E-state index contributed by atoms with van der Waals surface area (Å²) in [5.41, 5.74) is 0.530.